The minimum absolute atomic E-state index is 0.0224. The molecule has 0 radical (unpaired) electrons. The highest BCUT2D eigenvalue weighted by molar-refractivity contribution is 5.85. The first kappa shape index (κ1) is 49.9. The van der Waals surface area contributed by atoms with Crippen LogP contribution in [0.3, 0.4) is 0 Å². The number of esters is 1. The first-order chi connectivity index (χ1) is 30.3. The maximum Gasteiger partial charge on any atom is 0.408 e. The minimum Gasteiger partial charge on any atom is -0.464 e. The summed E-state index contributed by atoms with van der Waals surface area (Å²) in [5.41, 5.74) is 0.404. The van der Waals surface area contributed by atoms with E-state index in [4.69, 9.17) is 23.4 Å². The van der Waals surface area contributed by atoms with Crippen LogP contribution in [0.5, 0.6) is 0 Å². The molecule has 1 unspecified atom stereocenters. The molecule has 1 aromatic heterocycles. The molecule has 63 heavy (non-hydrogen) atoms. The molecule has 4 rings (SSSR count). The molecule has 0 aliphatic rings. The molecule has 4 amide bonds. The summed E-state index contributed by atoms with van der Waals surface area (Å²) in [4.78, 5) is 55.2. The number of ether oxygens (including phenoxy) is 4. The average molecular weight is 871 g/mol. The van der Waals surface area contributed by atoms with Crippen molar-refractivity contribution in [2.45, 2.75) is 129 Å². The molecule has 4 N–H and O–H groups in total. The molecule has 4 aromatic rings. The molecule has 0 fully saturated rings. The van der Waals surface area contributed by atoms with Gasteiger partial charge in [0.05, 0.1) is 25.7 Å². The third-order valence-electron chi connectivity index (χ3n) is 9.94. The van der Waals surface area contributed by atoms with Crippen LogP contribution in [0.15, 0.2) is 95.4 Å². The van der Waals surface area contributed by atoms with Gasteiger partial charge in [0.2, 0.25) is 17.7 Å². The monoisotopic (exact) mass is 870 g/mol. The largest absolute Gasteiger partial charge is 0.464 e. The van der Waals surface area contributed by atoms with Gasteiger partial charge in [-0.05, 0) is 63.6 Å². The Hall–Kier alpha value is -5.80. The lowest BCUT2D eigenvalue weighted by molar-refractivity contribution is -0.150. The van der Waals surface area contributed by atoms with Gasteiger partial charge >= 0.3 is 18.1 Å². The van der Waals surface area contributed by atoms with Gasteiger partial charge in [-0.3, -0.25) is 4.79 Å². The Kier molecular flexibility index (Phi) is 20.1. The maximum absolute atomic E-state index is 14.7. The molecule has 0 aliphatic heterocycles. The van der Waals surface area contributed by atoms with Crippen molar-refractivity contribution in [3.63, 3.8) is 0 Å². The molecular weight excluding hydrogens is 805 g/mol. The second-order valence-corrected chi connectivity index (χ2v) is 16.3. The molecule has 342 valence electrons. The van der Waals surface area contributed by atoms with E-state index in [0.717, 1.165) is 48.8 Å². The summed E-state index contributed by atoms with van der Waals surface area (Å²) in [5, 5.41) is 20.1. The van der Waals surface area contributed by atoms with E-state index in [2.05, 4.69) is 31.5 Å². The number of hydrogen-bond donors (Lipinski definition) is 4. The number of alkyl carbamates (subject to hydrolysis) is 1. The number of rotatable bonds is 25. The summed E-state index contributed by atoms with van der Waals surface area (Å²) >= 11 is 0. The molecule has 3 aromatic carbocycles. The minimum atomic E-state index is -1.25. The van der Waals surface area contributed by atoms with E-state index in [-0.39, 0.29) is 25.0 Å². The quantitative estimate of drug-likeness (QED) is 0.0285. The predicted molar refractivity (Wildman–Crippen MR) is 238 cm³/mol. The molecule has 0 aliphatic carbocycles. The van der Waals surface area contributed by atoms with Crippen LogP contribution in [0.1, 0.15) is 134 Å². The van der Waals surface area contributed by atoms with Crippen molar-refractivity contribution >= 4 is 24.0 Å². The lowest BCUT2D eigenvalue weighted by Crippen LogP contribution is -2.53. The Morgan fingerprint density at radius 1 is 0.667 bits per heavy atom. The molecule has 0 saturated carbocycles. The van der Waals surface area contributed by atoms with Gasteiger partial charge in [0, 0.05) is 13.2 Å². The summed E-state index contributed by atoms with van der Waals surface area (Å²) < 4.78 is 29.0. The molecule has 15 nitrogen and oxygen atoms in total. The topological polar surface area (TPSA) is 192 Å². The smallest absolute Gasteiger partial charge is 0.408 e. The van der Waals surface area contributed by atoms with Gasteiger partial charge in [0.1, 0.15) is 23.2 Å². The van der Waals surface area contributed by atoms with Crippen molar-refractivity contribution in [2.75, 3.05) is 26.4 Å². The molecule has 0 spiro atoms. The number of aromatic nitrogens is 2. The van der Waals surface area contributed by atoms with Crippen molar-refractivity contribution in [3.05, 3.63) is 119 Å². The van der Waals surface area contributed by atoms with Crippen molar-refractivity contribution in [2.24, 2.45) is 0 Å². The van der Waals surface area contributed by atoms with E-state index in [9.17, 15) is 19.2 Å². The molecule has 1 heterocycles. The number of benzene rings is 3. The Balaban J connectivity index is 1.74. The number of hydrogen-bond acceptors (Lipinski definition) is 11. The fraction of sp³-hybridized carbons (Fsp3) is 0.500. The van der Waals surface area contributed by atoms with Gasteiger partial charge in [-0.2, -0.15) is 0 Å². The number of urea groups is 1. The highest BCUT2D eigenvalue weighted by atomic mass is 16.6. The van der Waals surface area contributed by atoms with Crippen LogP contribution >= 0.6 is 0 Å². The Labute approximate surface area is 371 Å². The van der Waals surface area contributed by atoms with Crippen LogP contribution in [0, 0.1) is 0 Å². The van der Waals surface area contributed by atoms with Crippen LogP contribution in [-0.2, 0) is 34.1 Å². The zero-order valence-electron chi connectivity index (χ0n) is 37.8. The van der Waals surface area contributed by atoms with Crippen LogP contribution in [0.2, 0.25) is 0 Å². The van der Waals surface area contributed by atoms with Crippen LogP contribution < -0.4 is 21.3 Å². The number of unbranched alkanes of at least 4 members (excludes halogenated alkanes) is 3. The first-order valence-electron chi connectivity index (χ1n) is 22.0. The summed E-state index contributed by atoms with van der Waals surface area (Å²) in [6, 6.07) is 24.6. The normalized spacial score (nSPS) is 13.5. The first-order valence-corrected chi connectivity index (χ1v) is 22.0. The Bertz CT molecular complexity index is 1880. The zero-order chi connectivity index (χ0) is 45.7. The molecule has 4 atom stereocenters. The van der Waals surface area contributed by atoms with Crippen molar-refractivity contribution in [1.82, 2.24) is 31.5 Å². The third-order valence-corrected chi connectivity index (χ3v) is 9.94. The van der Waals surface area contributed by atoms with Crippen molar-refractivity contribution < 1.29 is 42.5 Å². The summed E-state index contributed by atoms with van der Waals surface area (Å²) in [6.45, 7) is 13.9. The number of nitrogens with zero attached hydrogens (tertiary/aromatic N) is 2. The van der Waals surface area contributed by atoms with Crippen LogP contribution in [0.25, 0.3) is 0 Å². The predicted octanol–water partition coefficient (Wildman–Crippen LogP) is 8.21. The highest BCUT2D eigenvalue weighted by Gasteiger charge is 2.39. The van der Waals surface area contributed by atoms with Gasteiger partial charge in [0.25, 0.3) is 0 Å². The fourth-order valence-electron chi connectivity index (χ4n) is 6.65. The molecule has 0 saturated heterocycles. The number of carbonyl (C=O) groups is 4. The summed E-state index contributed by atoms with van der Waals surface area (Å²) in [5.74, 6) is -1.33. The molecular formula is C48H66N6O9. The van der Waals surface area contributed by atoms with Gasteiger partial charge in [-0.1, -0.05) is 131 Å². The summed E-state index contributed by atoms with van der Waals surface area (Å²) in [7, 11) is 0. The number of nitrogens with one attached hydrogen (secondary N) is 4. The standard InChI is InChI=1S/C48H66N6O9/c1-8-11-29-59-33-39(50-46(58)63-47(5,6)7)43-54-53-42(62-43)38(49-45(57)51-41(34(4)60-30-12-9-2)44(56)61-31-13-10-3)32-40(55)52-48(35-23-17-14-18-24-35,36-25-19-15-20-26-36)37-27-21-16-22-28-37/h14-28,34,38-39,41H,8-13,29-33H2,1-7H3,(H,50,58)(H,52,55)(H2,49,51,57)/t34?,38-,39-,41-/m0/s1. The van der Waals surface area contributed by atoms with E-state index in [0.29, 0.717) is 19.6 Å². The SMILES string of the molecule is CCCCOC[C@H](NC(=O)OC(C)(C)C)c1nnc([C@H](CC(=O)NC(c2ccccc2)(c2ccccc2)c2ccccc2)NC(=O)N[C@H](C(=O)OCCCC)C(C)OCCCC)o1. The second-order valence-electron chi connectivity index (χ2n) is 16.3. The van der Waals surface area contributed by atoms with E-state index in [1.807, 2.05) is 112 Å². The Morgan fingerprint density at radius 3 is 1.70 bits per heavy atom. The summed E-state index contributed by atoms with van der Waals surface area (Å²) in [6.07, 6.45) is 2.91. The third kappa shape index (κ3) is 15.5. The second kappa shape index (κ2) is 25.3. The van der Waals surface area contributed by atoms with Crippen molar-refractivity contribution in [3.8, 4) is 0 Å². The van der Waals surface area contributed by atoms with E-state index in [1.54, 1.807) is 27.7 Å². The van der Waals surface area contributed by atoms with Gasteiger partial charge in [-0.25, -0.2) is 14.4 Å². The molecule has 0 bridgehead atoms. The fourth-order valence-corrected chi connectivity index (χ4v) is 6.65. The zero-order valence-corrected chi connectivity index (χ0v) is 37.8. The highest BCUT2D eigenvalue weighted by Crippen LogP contribution is 2.37. The number of amides is 4. The average Bonchev–Trinajstić information content (AvgIpc) is 3.76. The van der Waals surface area contributed by atoms with E-state index < -0.39 is 65.8 Å². The van der Waals surface area contributed by atoms with E-state index in [1.165, 1.54) is 0 Å². The van der Waals surface area contributed by atoms with Crippen molar-refractivity contribution in [1.29, 1.82) is 0 Å². The maximum atomic E-state index is 14.7. The lowest BCUT2D eigenvalue weighted by atomic mass is 9.77. The van der Waals surface area contributed by atoms with Crippen LogP contribution in [-0.4, -0.2) is 78.4 Å². The molecule has 15 heteroatoms. The van der Waals surface area contributed by atoms with Gasteiger partial charge in [0.15, 0.2) is 6.04 Å². The Morgan fingerprint density at radius 2 is 1.17 bits per heavy atom. The van der Waals surface area contributed by atoms with Gasteiger partial charge in [-0.15, -0.1) is 10.2 Å². The number of carbonyl (C=O) groups excluding carboxylic acids is 4. The van der Waals surface area contributed by atoms with E-state index >= 15 is 0 Å². The lowest BCUT2D eigenvalue weighted by Gasteiger charge is -2.37. The van der Waals surface area contributed by atoms with Gasteiger partial charge < -0.3 is 44.6 Å². The van der Waals surface area contributed by atoms with Crippen LogP contribution in [0.4, 0.5) is 9.59 Å².